The Morgan fingerprint density at radius 1 is 1.08 bits per heavy atom. The number of rotatable bonds is 6. The minimum Gasteiger partial charge on any atom is -0.483 e. The fourth-order valence-corrected chi connectivity index (χ4v) is 2.80. The molecule has 4 heteroatoms. The van der Waals surface area contributed by atoms with Crippen molar-refractivity contribution in [2.24, 2.45) is 0 Å². The van der Waals surface area contributed by atoms with Crippen LogP contribution in [0, 0.1) is 0 Å². The number of nitrogens with one attached hydrogen (secondary N) is 1. The van der Waals surface area contributed by atoms with Crippen LogP contribution in [0.2, 0.25) is 0 Å². The van der Waals surface area contributed by atoms with Crippen molar-refractivity contribution in [3.63, 3.8) is 0 Å². The first-order valence-corrected chi connectivity index (χ1v) is 8.54. The summed E-state index contributed by atoms with van der Waals surface area (Å²) in [4.78, 5) is 12.2. The molecule has 3 rings (SSSR count). The van der Waals surface area contributed by atoms with Crippen LogP contribution in [0.25, 0.3) is 11.0 Å². The summed E-state index contributed by atoms with van der Waals surface area (Å²) >= 11 is 0. The lowest BCUT2D eigenvalue weighted by Gasteiger charge is -2.15. The Morgan fingerprint density at radius 2 is 1.80 bits per heavy atom. The highest BCUT2D eigenvalue weighted by molar-refractivity contribution is 5.79. The molecule has 0 aliphatic heterocycles. The van der Waals surface area contributed by atoms with Crippen LogP contribution in [0.4, 0.5) is 0 Å². The van der Waals surface area contributed by atoms with Gasteiger partial charge in [0, 0.05) is 5.39 Å². The fourth-order valence-electron chi connectivity index (χ4n) is 2.80. The Kier molecular flexibility index (Phi) is 5.08. The number of carbonyl (C=O) groups excluding carboxylic acids is 1. The van der Waals surface area contributed by atoms with Gasteiger partial charge in [0.05, 0.1) is 6.04 Å². The van der Waals surface area contributed by atoms with E-state index in [9.17, 15) is 4.79 Å². The zero-order valence-electron chi connectivity index (χ0n) is 14.8. The van der Waals surface area contributed by atoms with Gasteiger partial charge in [0.25, 0.3) is 5.91 Å². The lowest BCUT2D eigenvalue weighted by molar-refractivity contribution is -0.123. The standard InChI is InChI=1S/C21H23NO3/c1-14(2)17-9-5-7-11-19(17)24-13-21(23)22-15(3)20-12-16-8-4-6-10-18(16)25-20/h4-12,14-15H,13H2,1-3H3,(H,22,23)/t15-/m0/s1. The van der Waals surface area contributed by atoms with Gasteiger partial charge in [-0.2, -0.15) is 0 Å². The van der Waals surface area contributed by atoms with Gasteiger partial charge in [-0.05, 0) is 36.6 Å². The second-order valence-corrected chi connectivity index (χ2v) is 6.46. The highest BCUT2D eigenvalue weighted by Crippen LogP contribution is 2.26. The molecule has 1 amide bonds. The van der Waals surface area contributed by atoms with Gasteiger partial charge in [0.2, 0.25) is 0 Å². The lowest BCUT2D eigenvalue weighted by atomic mass is 10.0. The maximum atomic E-state index is 12.2. The van der Waals surface area contributed by atoms with Gasteiger partial charge in [-0.3, -0.25) is 4.79 Å². The normalized spacial score (nSPS) is 12.3. The number of fused-ring (bicyclic) bond motifs is 1. The maximum absolute atomic E-state index is 12.2. The van der Waals surface area contributed by atoms with Gasteiger partial charge in [-0.15, -0.1) is 0 Å². The van der Waals surface area contributed by atoms with Crippen molar-refractivity contribution in [2.75, 3.05) is 6.61 Å². The molecular formula is C21H23NO3. The predicted octanol–water partition coefficient (Wildman–Crippen LogP) is 4.81. The number of para-hydroxylation sites is 2. The molecule has 0 spiro atoms. The first-order chi connectivity index (χ1) is 12.0. The van der Waals surface area contributed by atoms with Crippen molar-refractivity contribution in [2.45, 2.75) is 32.7 Å². The molecule has 0 bridgehead atoms. The van der Waals surface area contributed by atoms with Crippen LogP contribution in [0.5, 0.6) is 5.75 Å². The van der Waals surface area contributed by atoms with E-state index in [1.807, 2.05) is 61.5 Å². The summed E-state index contributed by atoms with van der Waals surface area (Å²) in [5, 5.41) is 3.95. The van der Waals surface area contributed by atoms with Crippen LogP contribution in [-0.2, 0) is 4.79 Å². The SMILES string of the molecule is CC(C)c1ccccc1OCC(=O)N[C@@H](C)c1cc2ccccc2o1. The van der Waals surface area contributed by atoms with E-state index in [4.69, 9.17) is 9.15 Å². The Morgan fingerprint density at radius 3 is 2.56 bits per heavy atom. The number of hydrogen-bond acceptors (Lipinski definition) is 3. The van der Waals surface area contributed by atoms with E-state index in [0.29, 0.717) is 5.92 Å². The third-order valence-electron chi connectivity index (χ3n) is 4.15. The highest BCUT2D eigenvalue weighted by Gasteiger charge is 2.15. The Bertz CT molecular complexity index is 833. The van der Waals surface area contributed by atoms with Crippen LogP contribution >= 0.6 is 0 Å². The van der Waals surface area contributed by atoms with E-state index in [-0.39, 0.29) is 18.6 Å². The lowest BCUT2D eigenvalue weighted by Crippen LogP contribution is -2.31. The molecule has 4 nitrogen and oxygen atoms in total. The third kappa shape index (κ3) is 4.02. The quantitative estimate of drug-likeness (QED) is 0.702. The second kappa shape index (κ2) is 7.43. The second-order valence-electron chi connectivity index (χ2n) is 6.46. The van der Waals surface area contributed by atoms with E-state index in [0.717, 1.165) is 28.0 Å². The molecule has 3 aromatic rings. The van der Waals surface area contributed by atoms with Gasteiger partial charge in [0.15, 0.2) is 6.61 Å². The average Bonchev–Trinajstić information content (AvgIpc) is 3.04. The van der Waals surface area contributed by atoms with Gasteiger partial charge in [-0.1, -0.05) is 50.2 Å². The van der Waals surface area contributed by atoms with Crippen LogP contribution in [0.3, 0.4) is 0 Å². The molecule has 130 valence electrons. The third-order valence-corrected chi connectivity index (χ3v) is 4.15. The van der Waals surface area contributed by atoms with Gasteiger partial charge < -0.3 is 14.5 Å². The molecule has 0 radical (unpaired) electrons. The van der Waals surface area contributed by atoms with Crippen LogP contribution < -0.4 is 10.1 Å². The minimum atomic E-state index is -0.219. The maximum Gasteiger partial charge on any atom is 0.258 e. The van der Waals surface area contributed by atoms with E-state index < -0.39 is 0 Å². The molecule has 2 aromatic carbocycles. The molecule has 1 atom stereocenters. The molecule has 0 saturated heterocycles. The summed E-state index contributed by atoms with van der Waals surface area (Å²) in [5.41, 5.74) is 1.92. The van der Waals surface area contributed by atoms with Crippen molar-refractivity contribution in [1.29, 1.82) is 0 Å². The molecule has 1 aromatic heterocycles. The summed E-state index contributed by atoms with van der Waals surface area (Å²) in [6.07, 6.45) is 0. The number of hydrogen-bond donors (Lipinski definition) is 1. The fraction of sp³-hybridized carbons (Fsp3) is 0.286. The van der Waals surface area contributed by atoms with Crippen molar-refractivity contribution >= 4 is 16.9 Å². The highest BCUT2D eigenvalue weighted by atomic mass is 16.5. The van der Waals surface area contributed by atoms with Gasteiger partial charge in [0.1, 0.15) is 17.1 Å². The summed E-state index contributed by atoms with van der Waals surface area (Å²) in [6, 6.07) is 17.3. The van der Waals surface area contributed by atoms with Crippen LogP contribution in [0.15, 0.2) is 59.0 Å². The van der Waals surface area contributed by atoms with Crippen molar-refractivity contribution in [3.8, 4) is 5.75 Å². The largest absolute Gasteiger partial charge is 0.483 e. The molecule has 0 aliphatic carbocycles. The molecule has 0 unspecified atom stereocenters. The van der Waals surface area contributed by atoms with Crippen molar-refractivity contribution in [1.82, 2.24) is 5.32 Å². The zero-order valence-corrected chi connectivity index (χ0v) is 14.8. The Hall–Kier alpha value is -2.75. The molecule has 25 heavy (non-hydrogen) atoms. The summed E-state index contributed by atoms with van der Waals surface area (Å²) in [7, 11) is 0. The summed E-state index contributed by atoms with van der Waals surface area (Å²) in [6.45, 7) is 6.09. The summed E-state index contributed by atoms with van der Waals surface area (Å²) < 4.78 is 11.5. The average molecular weight is 337 g/mol. The Labute approximate surface area is 147 Å². The van der Waals surface area contributed by atoms with E-state index in [1.54, 1.807) is 0 Å². The number of benzene rings is 2. The first-order valence-electron chi connectivity index (χ1n) is 8.54. The van der Waals surface area contributed by atoms with Crippen LogP contribution in [0.1, 0.15) is 44.1 Å². The van der Waals surface area contributed by atoms with Crippen LogP contribution in [-0.4, -0.2) is 12.5 Å². The molecular weight excluding hydrogens is 314 g/mol. The van der Waals surface area contributed by atoms with E-state index in [1.165, 1.54) is 0 Å². The van der Waals surface area contributed by atoms with E-state index >= 15 is 0 Å². The number of ether oxygens (including phenoxy) is 1. The molecule has 0 aliphatic rings. The zero-order chi connectivity index (χ0) is 17.8. The summed E-state index contributed by atoms with van der Waals surface area (Å²) in [5.74, 6) is 1.65. The minimum absolute atomic E-state index is 0.0195. The number of carbonyl (C=O) groups is 1. The number of furan rings is 1. The predicted molar refractivity (Wildman–Crippen MR) is 98.8 cm³/mol. The van der Waals surface area contributed by atoms with Crippen molar-refractivity contribution in [3.05, 3.63) is 65.9 Å². The van der Waals surface area contributed by atoms with Crippen molar-refractivity contribution < 1.29 is 13.9 Å². The van der Waals surface area contributed by atoms with E-state index in [2.05, 4.69) is 19.2 Å². The molecule has 1 N–H and O–H groups in total. The Balaban J connectivity index is 1.61. The smallest absolute Gasteiger partial charge is 0.258 e. The molecule has 0 saturated carbocycles. The molecule has 0 fully saturated rings. The topological polar surface area (TPSA) is 51.5 Å². The van der Waals surface area contributed by atoms with Gasteiger partial charge >= 0.3 is 0 Å². The first kappa shape index (κ1) is 17.1. The van der Waals surface area contributed by atoms with Gasteiger partial charge in [-0.25, -0.2) is 0 Å². The monoisotopic (exact) mass is 337 g/mol. The molecule has 1 heterocycles. The number of amides is 1.